The zero-order valence-electron chi connectivity index (χ0n) is 12.2. The molecule has 2 aromatic carbocycles. The number of ether oxygens (including phenoxy) is 2. The number of allylic oxidation sites excluding steroid dienone is 1. The molecular formula is C17H16O5. The topological polar surface area (TPSA) is 76.0 Å². The molecule has 5 nitrogen and oxygen atoms in total. The van der Waals surface area contributed by atoms with E-state index in [-0.39, 0.29) is 23.0 Å². The van der Waals surface area contributed by atoms with Crippen molar-refractivity contribution in [2.24, 2.45) is 0 Å². The number of carbonyl (C=O) groups excluding carboxylic acids is 1. The van der Waals surface area contributed by atoms with Gasteiger partial charge in [-0.1, -0.05) is 0 Å². The van der Waals surface area contributed by atoms with Crippen molar-refractivity contribution in [2.45, 2.75) is 0 Å². The van der Waals surface area contributed by atoms with Crippen LogP contribution in [0.15, 0.2) is 42.5 Å². The first-order valence-corrected chi connectivity index (χ1v) is 6.51. The number of hydrogen-bond acceptors (Lipinski definition) is 5. The maximum atomic E-state index is 12.2. The van der Waals surface area contributed by atoms with E-state index in [2.05, 4.69) is 0 Å². The normalized spacial score (nSPS) is 10.6. The third-order valence-corrected chi connectivity index (χ3v) is 3.10. The van der Waals surface area contributed by atoms with Crippen LogP contribution in [0.1, 0.15) is 15.9 Å². The Morgan fingerprint density at radius 3 is 2.45 bits per heavy atom. The van der Waals surface area contributed by atoms with E-state index in [1.54, 1.807) is 12.1 Å². The molecule has 0 atom stereocenters. The maximum absolute atomic E-state index is 12.2. The molecule has 0 unspecified atom stereocenters. The highest BCUT2D eigenvalue weighted by Gasteiger charge is 2.10. The lowest BCUT2D eigenvalue weighted by atomic mass is 10.1. The zero-order valence-corrected chi connectivity index (χ0v) is 12.2. The van der Waals surface area contributed by atoms with Crippen molar-refractivity contribution in [1.29, 1.82) is 0 Å². The Morgan fingerprint density at radius 2 is 1.82 bits per heavy atom. The Kier molecular flexibility index (Phi) is 4.68. The van der Waals surface area contributed by atoms with E-state index in [0.717, 1.165) is 0 Å². The molecule has 0 amide bonds. The Balaban J connectivity index is 2.25. The molecule has 114 valence electrons. The van der Waals surface area contributed by atoms with Crippen molar-refractivity contribution in [3.05, 3.63) is 53.6 Å². The summed E-state index contributed by atoms with van der Waals surface area (Å²) in [5.74, 6) is 0.549. The molecule has 0 fully saturated rings. The fourth-order valence-corrected chi connectivity index (χ4v) is 1.93. The number of carbonyl (C=O) groups is 1. The van der Waals surface area contributed by atoms with E-state index in [1.165, 1.54) is 50.6 Å². The van der Waals surface area contributed by atoms with Gasteiger partial charge in [-0.15, -0.1) is 0 Å². The van der Waals surface area contributed by atoms with Gasteiger partial charge in [0.15, 0.2) is 5.78 Å². The van der Waals surface area contributed by atoms with Crippen LogP contribution in [-0.2, 0) is 0 Å². The Morgan fingerprint density at radius 1 is 1.05 bits per heavy atom. The van der Waals surface area contributed by atoms with Crippen LogP contribution >= 0.6 is 0 Å². The molecule has 0 aliphatic carbocycles. The predicted molar refractivity (Wildman–Crippen MR) is 82.7 cm³/mol. The van der Waals surface area contributed by atoms with E-state index in [9.17, 15) is 15.0 Å². The molecule has 0 saturated heterocycles. The largest absolute Gasteiger partial charge is 0.508 e. The van der Waals surface area contributed by atoms with Crippen molar-refractivity contribution in [2.75, 3.05) is 14.2 Å². The Labute approximate surface area is 128 Å². The molecule has 0 aliphatic heterocycles. The number of benzene rings is 2. The number of ketones is 1. The van der Waals surface area contributed by atoms with Crippen molar-refractivity contribution in [1.82, 2.24) is 0 Å². The van der Waals surface area contributed by atoms with Crippen LogP contribution in [0, 0.1) is 0 Å². The van der Waals surface area contributed by atoms with Crippen LogP contribution in [0.5, 0.6) is 23.0 Å². The fourth-order valence-electron chi connectivity index (χ4n) is 1.93. The zero-order chi connectivity index (χ0) is 16.1. The van der Waals surface area contributed by atoms with E-state index in [4.69, 9.17) is 9.47 Å². The van der Waals surface area contributed by atoms with E-state index in [1.807, 2.05) is 0 Å². The fraction of sp³-hybridized carbons (Fsp3) is 0.118. The van der Waals surface area contributed by atoms with Gasteiger partial charge in [-0.2, -0.15) is 0 Å². The molecule has 2 rings (SSSR count). The standard InChI is InChI=1S/C17H16O5/c1-21-13-6-3-11(16(20)10-13)4-8-15(19)14-7-5-12(18)9-17(14)22-2/h3-10,18,20H,1-2H3. The van der Waals surface area contributed by atoms with Gasteiger partial charge in [-0.05, 0) is 36.4 Å². The van der Waals surface area contributed by atoms with Gasteiger partial charge in [0, 0.05) is 17.7 Å². The predicted octanol–water partition coefficient (Wildman–Crippen LogP) is 3.01. The highest BCUT2D eigenvalue weighted by atomic mass is 16.5. The van der Waals surface area contributed by atoms with Gasteiger partial charge in [0.1, 0.15) is 23.0 Å². The summed E-state index contributed by atoms with van der Waals surface area (Å²) in [6.07, 6.45) is 2.83. The highest BCUT2D eigenvalue weighted by molar-refractivity contribution is 6.08. The molecule has 0 spiro atoms. The van der Waals surface area contributed by atoms with Crippen LogP contribution in [-0.4, -0.2) is 30.2 Å². The lowest BCUT2D eigenvalue weighted by Gasteiger charge is -2.06. The number of methoxy groups -OCH3 is 2. The molecule has 2 N–H and O–H groups in total. The van der Waals surface area contributed by atoms with Crippen LogP contribution < -0.4 is 9.47 Å². The first-order valence-electron chi connectivity index (χ1n) is 6.51. The van der Waals surface area contributed by atoms with Gasteiger partial charge in [0.2, 0.25) is 0 Å². The molecule has 0 heterocycles. The quantitative estimate of drug-likeness (QED) is 0.655. The van der Waals surface area contributed by atoms with Crippen molar-refractivity contribution in [3.8, 4) is 23.0 Å². The van der Waals surface area contributed by atoms with Crippen LogP contribution in [0.3, 0.4) is 0 Å². The molecule has 0 aromatic heterocycles. The van der Waals surface area contributed by atoms with Gasteiger partial charge in [-0.3, -0.25) is 4.79 Å². The lowest BCUT2D eigenvalue weighted by Crippen LogP contribution is -1.98. The van der Waals surface area contributed by atoms with Gasteiger partial charge in [-0.25, -0.2) is 0 Å². The van der Waals surface area contributed by atoms with Gasteiger partial charge in [0.05, 0.1) is 19.8 Å². The van der Waals surface area contributed by atoms with Gasteiger partial charge >= 0.3 is 0 Å². The molecule has 0 bridgehead atoms. The summed E-state index contributed by atoms with van der Waals surface area (Å²) in [5.41, 5.74) is 0.816. The first kappa shape index (κ1) is 15.4. The molecule has 0 radical (unpaired) electrons. The summed E-state index contributed by atoms with van der Waals surface area (Å²) in [6.45, 7) is 0. The minimum absolute atomic E-state index is 0.0149. The number of phenolic OH excluding ortho intramolecular Hbond substituents is 2. The second kappa shape index (κ2) is 6.67. The second-order valence-electron chi connectivity index (χ2n) is 4.51. The number of aromatic hydroxyl groups is 2. The SMILES string of the molecule is COc1ccc(C=CC(=O)c2ccc(O)cc2OC)c(O)c1. The number of rotatable bonds is 5. The molecule has 2 aromatic rings. The average Bonchev–Trinajstić information content (AvgIpc) is 2.53. The van der Waals surface area contributed by atoms with Crippen molar-refractivity contribution < 1.29 is 24.5 Å². The maximum Gasteiger partial charge on any atom is 0.189 e. The van der Waals surface area contributed by atoms with E-state index in [0.29, 0.717) is 16.9 Å². The highest BCUT2D eigenvalue weighted by Crippen LogP contribution is 2.26. The Hall–Kier alpha value is -2.95. The summed E-state index contributed by atoms with van der Waals surface area (Å²) in [6, 6.07) is 9.05. The molecule has 0 aliphatic rings. The minimum atomic E-state index is -0.299. The molecule has 0 saturated carbocycles. The van der Waals surface area contributed by atoms with E-state index < -0.39 is 0 Å². The summed E-state index contributed by atoms with van der Waals surface area (Å²) < 4.78 is 10.1. The van der Waals surface area contributed by atoms with Crippen LogP contribution in [0.2, 0.25) is 0 Å². The van der Waals surface area contributed by atoms with E-state index >= 15 is 0 Å². The third-order valence-electron chi connectivity index (χ3n) is 3.10. The summed E-state index contributed by atoms with van der Waals surface area (Å²) in [4.78, 5) is 12.2. The number of phenols is 2. The Bertz CT molecular complexity index is 719. The van der Waals surface area contributed by atoms with Crippen LogP contribution in [0.25, 0.3) is 6.08 Å². The second-order valence-corrected chi connectivity index (χ2v) is 4.51. The van der Waals surface area contributed by atoms with Crippen LogP contribution in [0.4, 0.5) is 0 Å². The lowest BCUT2D eigenvalue weighted by molar-refractivity contribution is 0.104. The summed E-state index contributed by atoms with van der Waals surface area (Å²) in [7, 11) is 2.93. The summed E-state index contributed by atoms with van der Waals surface area (Å²) >= 11 is 0. The number of hydrogen-bond donors (Lipinski definition) is 2. The van der Waals surface area contributed by atoms with Crippen molar-refractivity contribution >= 4 is 11.9 Å². The molecular weight excluding hydrogens is 284 g/mol. The van der Waals surface area contributed by atoms with Crippen molar-refractivity contribution in [3.63, 3.8) is 0 Å². The minimum Gasteiger partial charge on any atom is -0.508 e. The first-order chi connectivity index (χ1) is 10.5. The third kappa shape index (κ3) is 3.38. The molecule has 5 heteroatoms. The molecule has 22 heavy (non-hydrogen) atoms. The average molecular weight is 300 g/mol. The monoisotopic (exact) mass is 300 g/mol. The van der Waals surface area contributed by atoms with Gasteiger partial charge in [0.25, 0.3) is 0 Å². The summed E-state index contributed by atoms with van der Waals surface area (Å²) in [5, 5.41) is 19.2. The smallest absolute Gasteiger partial charge is 0.189 e. The van der Waals surface area contributed by atoms with Gasteiger partial charge < -0.3 is 19.7 Å².